The fourth-order valence-electron chi connectivity index (χ4n) is 7.33. The van der Waals surface area contributed by atoms with Crippen LogP contribution in [0.5, 0.6) is 0 Å². The summed E-state index contributed by atoms with van der Waals surface area (Å²) in [5.74, 6) is 0. The highest BCUT2D eigenvalue weighted by Gasteiger charge is 2.21. The zero-order chi connectivity index (χ0) is 28.8. The molecule has 10 aromatic rings. The average Bonchev–Trinajstić information content (AvgIpc) is 3.66. The summed E-state index contributed by atoms with van der Waals surface area (Å²) >= 11 is 0. The Bertz CT molecular complexity index is 2720. The van der Waals surface area contributed by atoms with E-state index in [1.165, 1.54) is 43.6 Å². The van der Waals surface area contributed by atoms with Crippen molar-refractivity contribution in [3.05, 3.63) is 146 Å². The topological polar surface area (TPSA) is 26.3 Å². The molecule has 0 radical (unpaired) electrons. The summed E-state index contributed by atoms with van der Waals surface area (Å²) in [6, 6.07) is 51.9. The number of benzene rings is 8. The fraction of sp³-hybridized carbons (Fsp3) is 0. The molecule has 0 bridgehead atoms. The largest absolute Gasteiger partial charge is 0.455 e. The maximum atomic E-state index is 6.55. The van der Waals surface area contributed by atoms with Crippen LogP contribution in [0.25, 0.3) is 98.4 Å². The second-order valence-corrected chi connectivity index (χ2v) is 11.6. The minimum atomic E-state index is 0.905. The molecule has 0 saturated heterocycles. The van der Waals surface area contributed by atoms with Crippen LogP contribution in [0.1, 0.15) is 0 Å². The van der Waals surface area contributed by atoms with E-state index in [0.717, 1.165) is 54.8 Å². The van der Waals surface area contributed by atoms with Crippen LogP contribution >= 0.6 is 0 Å². The van der Waals surface area contributed by atoms with E-state index < -0.39 is 0 Å². The molecule has 0 fully saturated rings. The predicted octanol–water partition coefficient (Wildman–Crippen LogP) is 12.3. The van der Waals surface area contributed by atoms with Gasteiger partial charge in [0.15, 0.2) is 0 Å². The molecule has 0 amide bonds. The van der Waals surface area contributed by atoms with Crippen LogP contribution < -0.4 is 0 Å². The first-order chi connectivity index (χ1) is 21.8. The number of rotatable bonds is 2. The highest BCUT2D eigenvalue weighted by atomic mass is 16.3. The van der Waals surface area contributed by atoms with Crippen LogP contribution in [-0.4, -0.2) is 0 Å². The first-order valence-electron chi connectivity index (χ1n) is 15.0. The number of hydrogen-bond acceptors (Lipinski definition) is 2. The average molecular weight is 561 g/mol. The number of furan rings is 2. The lowest BCUT2D eigenvalue weighted by Crippen LogP contribution is -1.91. The van der Waals surface area contributed by atoms with Gasteiger partial charge in [0.1, 0.15) is 22.3 Å². The van der Waals surface area contributed by atoms with Crippen molar-refractivity contribution in [2.45, 2.75) is 0 Å². The molecule has 2 heterocycles. The third-order valence-electron chi connectivity index (χ3n) is 9.26. The summed E-state index contributed by atoms with van der Waals surface area (Å²) in [5.41, 5.74) is 8.40. The lowest BCUT2D eigenvalue weighted by atomic mass is 9.85. The van der Waals surface area contributed by atoms with Crippen LogP contribution in [0.2, 0.25) is 0 Å². The predicted molar refractivity (Wildman–Crippen MR) is 184 cm³/mol. The Labute approximate surface area is 252 Å². The molecule has 204 valence electrons. The van der Waals surface area contributed by atoms with Crippen LogP contribution in [0, 0.1) is 0 Å². The van der Waals surface area contributed by atoms with Gasteiger partial charge in [-0.3, -0.25) is 0 Å². The second-order valence-electron chi connectivity index (χ2n) is 11.6. The van der Waals surface area contributed by atoms with Crippen LogP contribution in [0.3, 0.4) is 0 Å². The summed E-state index contributed by atoms with van der Waals surface area (Å²) < 4.78 is 13.0. The zero-order valence-electron chi connectivity index (χ0n) is 23.7. The normalized spacial score (nSPS) is 12.1. The van der Waals surface area contributed by atoms with Gasteiger partial charge in [0, 0.05) is 38.1 Å². The van der Waals surface area contributed by atoms with Crippen molar-refractivity contribution in [2.75, 3.05) is 0 Å². The van der Waals surface area contributed by atoms with Gasteiger partial charge in [0.05, 0.1) is 0 Å². The minimum Gasteiger partial charge on any atom is -0.455 e. The summed E-state index contributed by atoms with van der Waals surface area (Å²) in [4.78, 5) is 0. The van der Waals surface area contributed by atoms with E-state index in [0.29, 0.717) is 0 Å². The van der Waals surface area contributed by atoms with Gasteiger partial charge >= 0.3 is 0 Å². The SMILES string of the molecule is c1ccc2c(c1)ccc1c3cc(-c4c5ccccc5c(-c5cccc6c5oc5ccccc56)c5ccccc45)ccc3oc21. The maximum absolute atomic E-state index is 6.55. The summed E-state index contributed by atoms with van der Waals surface area (Å²) in [6.07, 6.45) is 0. The van der Waals surface area contributed by atoms with Gasteiger partial charge < -0.3 is 8.83 Å². The molecule has 0 aliphatic rings. The Hall–Kier alpha value is -5.86. The van der Waals surface area contributed by atoms with E-state index in [4.69, 9.17) is 8.83 Å². The summed E-state index contributed by atoms with van der Waals surface area (Å²) in [6.45, 7) is 0. The van der Waals surface area contributed by atoms with E-state index in [2.05, 4.69) is 140 Å². The van der Waals surface area contributed by atoms with Crippen molar-refractivity contribution in [2.24, 2.45) is 0 Å². The van der Waals surface area contributed by atoms with Crippen molar-refractivity contribution in [3.8, 4) is 22.3 Å². The molecular weight excluding hydrogens is 536 g/mol. The third-order valence-corrected chi connectivity index (χ3v) is 9.26. The molecule has 2 heteroatoms. The second kappa shape index (κ2) is 8.82. The molecule has 0 aliphatic carbocycles. The van der Waals surface area contributed by atoms with Crippen molar-refractivity contribution >= 4 is 76.2 Å². The molecule has 44 heavy (non-hydrogen) atoms. The molecule has 0 aliphatic heterocycles. The summed E-state index contributed by atoms with van der Waals surface area (Å²) in [5, 5.41) is 11.7. The van der Waals surface area contributed by atoms with Gasteiger partial charge in [-0.05, 0) is 62.3 Å². The Morgan fingerprint density at radius 1 is 0.318 bits per heavy atom. The van der Waals surface area contributed by atoms with E-state index in [9.17, 15) is 0 Å². The molecule has 2 nitrogen and oxygen atoms in total. The smallest absolute Gasteiger partial charge is 0.143 e. The van der Waals surface area contributed by atoms with Crippen molar-refractivity contribution < 1.29 is 8.83 Å². The van der Waals surface area contributed by atoms with Crippen molar-refractivity contribution in [1.82, 2.24) is 0 Å². The van der Waals surface area contributed by atoms with Gasteiger partial charge in [-0.2, -0.15) is 0 Å². The van der Waals surface area contributed by atoms with Gasteiger partial charge in [-0.1, -0.05) is 121 Å². The molecule has 2 aromatic heterocycles. The lowest BCUT2D eigenvalue weighted by molar-refractivity contribution is 0.670. The quantitative estimate of drug-likeness (QED) is 0.197. The van der Waals surface area contributed by atoms with Crippen molar-refractivity contribution in [3.63, 3.8) is 0 Å². The number of para-hydroxylation sites is 2. The lowest BCUT2D eigenvalue weighted by Gasteiger charge is -2.18. The molecule has 10 rings (SSSR count). The first kappa shape index (κ1) is 23.7. The molecule has 0 N–H and O–H groups in total. The molecule has 8 aromatic carbocycles. The monoisotopic (exact) mass is 560 g/mol. The summed E-state index contributed by atoms with van der Waals surface area (Å²) in [7, 11) is 0. The molecule has 0 unspecified atom stereocenters. The van der Waals surface area contributed by atoms with Gasteiger partial charge in [0.2, 0.25) is 0 Å². The minimum absolute atomic E-state index is 0.905. The van der Waals surface area contributed by atoms with Gasteiger partial charge in [0.25, 0.3) is 0 Å². The zero-order valence-corrected chi connectivity index (χ0v) is 23.7. The standard InChI is InChI=1S/C42H24O2/c1-2-11-27-25(10-1)20-22-34-36-24-26(21-23-38(36)44-41(27)34)39-29-13-3-5-15-31(29)40(32-16-6-4-14-30(32)39)35-18-9-17-33-28-12-7-8-19-37(28)43-42(33)35/h1-24H. The fourth-order valence-corrected chi connectivity index (χ4v) is 7.33. The first-order valence-corrected chi connectivity index (χ1v) is 15.0. The van der Waals surface area contributed by atoms with Gasteiger partial charge in [-0.25, -0.2) is 0 Å². The third kappa shape index (κ3) is 3.20. The van der Waals surface area contributed by atoms with Crippen LogP contribution in [-0.2, 0) is 0 Å². The van der Waals surface area contributed by atoms with E-state index in [-0.39, 0.29) is 0 Å². The highest BCUT2D eigenvalue weighted by molar-refractivity contribution is 6.25. The van der Waals surface area contributed by atoms with Crippen LogP contribution in [0.4, 0.5) is 0 Å². The van der Waals surface area contributed by atoms with Gasteiger partial charge in [-0.15, -0.1) is 0 Å². The Morgan fingerprint density at radius 3 is 1.66 bits per heavy atom. The van der Waals surface area contributed by atoms with Crippen LogP contribution in [0.15, 0.2) is 154 Å². The van der Waals surface area contributed by atoms with E-state index in [1.54, 1.807) is 0 Å². The number of hydrogen-bond donors (Lipinski definition) is 0. The number of fused-ring (bicyclic) bond motifs is 10. The molecule has 0 atom stereocenters. The Kier molecular flexibility index (Phi) is 4.75. The maximum Gasteiger partial charge on any atom is 0.143 e. The molecule has 0 spiro atoms. The highest BCUT2D eigenvalue weighted by Crippen LogP contribution is 2.47. The van der Waals surface area contributed by atoms with E-state index in [1.807, 2.05) is 6.07 Å². The Morgan fingerprint density at radius 2 is 0.886 bits per heavy atom. The van der Waals surface area contributed by atoms with Crippen molar-refractivity contribution in [1.29, 1.82) is 0 Å². The van der Waals surface area contributed by atoms with E-state index >= 15 is 0 Å². The Balaban J connectivity index is 1.30. The molecule has 0 saturated carbocycles. The molecular formula is C42H24O2.